The summed E-state index contributed by atoms with van der Waals surface area (Å²) in [5.41, 5.74) is 8.01. The lowest BCUT2D eigenvalue weighted by Gasteiger charge is -2.07. The summed E-state index contributed by atoms with van der Waals surface area (Å²) in [7, 11) is 0. The molecule has 2 N–H and O–H groups in total. The Morgan fingerprint density at radius 1 is 1.06 bits per heavy atom. The van der Waals surface area contributed by atoms with Gasteiger partial charge in [-0.05, 0) is 52.7 Å². The second kappa shape index (κ2) is 4.93. The molecule has 0 heterocycles. The van der Waals surface area contributed by atoms with E-state index in [2.05, 4.69) is 34.1 Å². The number of nitrogens with two attached hydrogens (primary N) is 1. The Labute approximate surface area is 108 Å². The summed E-state index contributed by atoms with van der Waals surface area (Å²) < 4.78 is 1.10. The third-order valence-electron chi connectivity index (χ3n) is 2.22. The zero-order valence-electron chi connectivity index (χ0n) is 8.91. The molecule has 3 heteroatoms. The van der Waals surface area contributed by atoms with Gasteiger partial charge >= 0.3 is 0 Å². The first kappa shape index (κ1) is 11.6. The molecule has 0 saturated heterocycles. The van der Waals surface area contributed by atoms with Crippen LogP contribution in [0.25, 0.3) is 0 Å². The fourth-order valence-corrected chi connectivity index (χ4v) is 2.80. The molecular formula is C13H12BrNS. The van der Waals surface area contributed by atoms with Crippen LogP contribution in [0.5, 0.6) is 0 Å². The maximum atomic E-state index is 5.98. The van der Waals surface area contributed by atoms with Gasteiger partial charge in [-0.15, -0.1) is 0 Å². The summed E-state index contributed by atoms with van der Waals surface area (Å²) in [5, 5.41) is 0. The molecule has 0 amide bonds. The Bertz CT molecular complexity index is 511. The average molecular weight is 294 g/mol. The first-order valence-corrected chi connectivity index (χ1v) is 6.56. The average Bonchev–Trinajstić information content (AvgIpc) is 2.25. The van der Waals surface area contributed by atoms with Gasteiger partial charge in [-0.2, -0.15) is 0 Å². The molecule has 0 aromatic heterocycles. The van der Waals surface area contributed by atoms with E-state index in [1.807, 2.05) is 31.2 Å². The van der Waals surface area contributed by atoms with Crippen LogP contribution in [0.4, 0.5) is 5.69 Å². The lowest BCUT2D eigenvalue weighted by atomic mass is 10.2. The summed E-state index contributed by atoms with van der Waals surface area (Å²) in [6.07, 6.45) is 0. The van der Waals surface area contributed by atoms with Crippen molar-refractivity contribution >= 4 is 33.4 Å². The lowest BCUT2D eigenvalue weighted by molar-refractivity contribution is 1.35. The zero-order valence-corrected chi connectivity index (χ0v) is 11.3. The number of benzene rings is 2. The van der Waals surface area contributed by atoms with Gasteiger partial charge in [0.05, 0.1) is 0 Å². The fourth-order valence-electron chi connectivity index (χ4n) is 1.41. The van der Waals surface area contributed by atoms with Gasteiger partial charge in [0.1, 0.15) is 0 Å². The number of aryl methyl sites for hydroxylation is 1. The SMILES string of the molecule is Cc1ccc(Sc2ccccc2Br)c(N)c1. The van der Waals surface area contributed by atoms with Gasteiger partial charge < -0.3 is 5.73 Å². The summed E-state index contributed by atoms with van der Waals surface area (Å²) >= 11 is 5.21. The van der Waals surface area contributed by atoms with Gasteiger partial charge in [0.25, 0.3) is 0 Å². The molecule has 0 atom stereocenters. The smallest absolute Gasteiger partial charge is 0.0458 e. The normalized spacial score (nSPS) is 10.4. The standard InChI is InChI=1S/C13H12BrNS/c1-9-6-7-13(11(15)8-9)16-12-5-3-2-4-10(12)14/h2-8H,15H2,1H3. The largest absolute Gasteiger partial charge is 0.398 e. The number of hydrogen-bond donors (Lipinski definition) is 1. The van der Waals surface area contributed by atoms with E-state index in [1.54, 1.807) is 11.8 Å². The third kappa shape index (κ3) is 2.60. The molecule has 0 unspecified atom stereocenters. The minimum Gasteiger partial charge on any atom is -0.398 e. The topological polar surface area (TPSA) is 26.0 Å². The summed E-state index contributed by atoms with van der Waals surface area (Å²) in [4.78, 5) is 2.27. The number of hydrogen-bond acceptors (Lipinski definition) is 2. The Balaban J connectivity index is 2.31. The van der Waals surface area contributed by atoms with E-state index in [1.165, 1.54) is 10.5 Å². The van der Waals surface area contributed by atoms with Crippen molar-refractivity contribution in [3.8, 4) is 0 Å². The van der Waals surface area contributed by atoms with Gasteiger partial charge in [-0.25, -0.2) is 0 Å². The van der Waals surface area contributed by atoms with Crippen molar-refractivity contribution in [3.05, 3.63) is 52.5 Å². The van der Waals surface area contributed by atoms with Crippen molar-refractivity contribution in [1.29, 1.82) is 0 Å². The maximum Gasteiger partial charge on any atom is 0.0458 e. The van der Waals surface area contributed by atoms with E-state index < -0.39 is 0 Å². The number of nitrogen functional groups attached to an aromatic ring is 1. The summed E-state index contributed by atoms with van der Waals surface area (Å²) in [6.45, 7) is 2.04. The molecular weight excluding hydrogens is 282 g/mol. The first-order chi connectivity index (χ1) is 7.66. The molecule has 0 saturated carbocycles. The Morgan fingerprint density at radius 3 is 2.50 bits per heavy atom. The molecule has 16 heavy (non-hydrogen) atoms. The van der Waals surface area contributed by atoms with Gasteiger partial charge in [0, 0.05) is 20.0 Å². The Morgan fingerprint density at radius 2 is 1.81 bits per heavy atom. The van der Waals surface area contributed by atoms with Crippen LogP contribution in [0, 0.1) is 6.92 Å². The van der Waals surface area contributed by atoms with Crippen LogP contribution in [0.1, 0.15) is 5.56 Å². The third-order valence-corrected chi connectivity index (χ3v) is 4.34. The van der Waals surface area contributed by atoms with Crippen molar-refractivity contribution < 1.29 is 0 Å². The maximum absolute atomic E-state index is 5.98. The second-order valence-corrected chi connectivity index (χ2v) is 5.51. The van der Waals surface area contributed by atoms with Crippen LogP contribution in [0.3, 0.4) is 0 Å². The number of anilines is 1. The predicted octanol–water partition coefficient (Wildman–Crippen LogP) is 4.49. The van der Waals surface area contributed by atoms with Gasteiger partial charge in [0.2, 0.25) is 0 Å². The molecule has 0 radical (unpaired) electrons. The van der Waals surface area contributed by atoms with Crippen LogP contribution in [-0.2, 0) is 0 Å². The molecule has 0 spiro atoms. The minimum absolute atomic E-state index is 0.834. The van der Waals surface area contributed by atoms with Crippen LogP contribution in [0.2, 0.25) is 0 Å². The molecule has 0 aliphatic rings. The van der Waals surface area contributed by atoms with E-state index in [-0.39, 0.29) is 0 Å². The zero-order chi connectivity index (χ0) is 11.5. The molecule has 0 bridgehead atoms. The second-order valence-electron chi connectivity index (χ2n) is 3.57. The summed E-state index contributed by atoms with van der Waals surface area (Å²) in [6, 6.07) is 14.3. The molecule has 1 nitrogen and oxygen atoms in total. The highest BCUT2D eigenvalue weighted by molar-refractivity contribution is 9.10. The quantitative estimate of drug-likeness (QED) is 0.826. The van der Waals surface area contributed by atoms with Crippen LogP contribution >= 0.6 is 27.7 Å². The van der Waals surface area contributed by atoms with E-state index in [0.29, 0.717) is 0 Å². The minimum atomic E-state index is 0.834. The molecule has 2 aromatic carbocycles. The van der Waals surface area contributed by atoms with Crippen molar-refractivity contribution in [3.63, 3.8) is 0 Å². The molecule has 0 fully saturated rings. The Hall–Kier alpha value is -0.930. The van der Waals surface area contributed by atoms with Crippen LogP contribution in [-0.4, -0.2) is 0 Å². The molecule has 2 rings (SSSR count). The van der Waals surface area contributed by atoms with E-state index in [0.717, 1.165) is 15.1 Å². The van der Waals surface area contributed by atoms with Gasteiger partial charge in [-0.1, -0.05) is 30.0 Å². The number of rotatable bonds is 2. The molecule has 82 valence electrons. The highest BCUT2D eigenvalue weighted by Gasteiger charge is 2.04. The molecule has 2 aromatic rings. The van der Waals surface area contributed by atoms with E-state index in [4.69, 9.17) is 5.73 Å². The van der Waals surface area contributed by atoms with Gasteiger partial charge in [0.15, 0.2) is 0 Å². The molecule has 0 aliphatic heterocycles. The summed E-state index contributed by atoms with van der Waals surface area (Å²) in [5.74, 6) is 0. The molecule has 0 aliphatic carbocycles. The van der Waals surface area contributed by atoms with Gasteiger partial charge in [-0.3, -0.25) is 0 Å². The fraction of sp³-hybridized carbons (Fsp3) is 0.0769. The first-order valence-electron chi connectivity index (χ1n) is 4.95. The highest BCUT2D eigenvalue weighted by Crippen LogP contribution is 2.36. The van der Waals surface area contributed by atoms with E-state index >= 15 is 0 Å². The Kier molecular flexibility index (Phi) is 3.56. The van der Waals surface area contributed by atoms with Crippen molar-refractivity contribution in [2.24, 2.45) is 0 Å². The van der Waals surface area contributed by atoms with Crippen LogP contribution in [0.15, 0.2) is 56.7 Å². The number of halogens is 1. The van der Waals surface area contributed by atoms with Crippen molar-refractivity contribution in [2.75, 3.05) is 5.73 Å². The predicted molar refractivity (Wildman–Crippen MR) is 73.9 cm³/mol. The van der Waals surface area contributed by atoms with Crippen molar-refractivity contribution in [2.45, 2.75) is 16.7 Å². The highest BCUT2D eigenvalue weighted by atomic mass is 79.9. The monoisotopic (exact) mass is 293 g/mol. The van der Waals surface area contributed by atoms with E-state index in [9.17, 15) is 0 Å². The lowest BCUT2D eigenvalue weighted by Crippen LogP contribution is -1.89. The van der Waals surface area contributed by atoms with Crippen molar-refractivity contribution in [1.82, 2.24) is 0 Å². The van der Waals surface area contributed by atoms with Crippen LogP contribution < -0.4 is 5.73 Å².